The predicted octanol–water partition coefficient (Wildman–Crippen LogP) is 4.67. The van der Waals surface area contributed by atoms with Gasteiger partial charge in [-0.15, -0.1) is 11.3 Å². The first-order valence-corrected chi connectivity index (χ1v) is 9.87. The number of rotatable bonds is 5. The molecule has 27 heavy (non-hydrogen) atoms. The van der Waals surface area contributed by atoms with Crippen molar-refractivity contribution in [3.05, 3.63) is 82.2 Å². The van der Waals surface area contributed by atoms with Gasteiger partial charge in [0, 0.05) is 10.6 Å². The van der Waals surface area contributed by atoms with E-state index < -0.39 is 0 Å². The van der Waals surface area contributed by atoms with Gasteiger partial charge in [-0.3, -0.25) is 9.59 Å². The highest BCUT2D eigenvalue weighted by Gasteiger charge is 2.27. The minimum atomic E-state index is -0.157. The molecule has 0 spiro atoms. The molecule has 1 aliphatic carbocycles. The lowest BCUT2D eigenvalue weighted by molar-refractivity contribution is -0.115. The first-order chi connectivity index (χ1) is 13.2. The van der Waals surface area contributed by atoms with Crippen LogP contribution in [0, 0.1) is 0 Å². The number of fused-ring (bicyclic) bond motifs is 1. The quantitative estimate of drug-likeness (QED) is 0.680. The van der Waals surface area contributed by atoms with Crippen LogP contribution in [0.4, 0.5) is 10.7 Å². The van der Waals surface area contributed by atoms with Crippen LogP contribution in [0.5, 0.6) is 0 Å². The third kappa shape index (κ3) is 3.93. The number of hydrogen-bond donors (Lipinski definition) is 2. The maximum Gasteiger partial charge on any atom is 0.258 e. The minimum absolute atomic E-state index is 0.102. The lowest BCUT2D eigenvalue weighted by atomic mass is 10.1. The normalized spacial score (nSPS) is 12.4. The van der Waals surface area contributed by atoms with Crippen LogP contribution in [0.3, 0.4) is 0 Å². The molecule has 0 radical (unpaired) electrons. The molecule has 3 aromatic rings. The highest BCUT2D eigenvalue weighted by Crippen LogP contribution is 2.39. The fourth-order valence-corrected chi connectivity index (χ4v) is 4.70. The van der Waals surface area contributed by atoms with E-state index in [9.17, 15) is 9.59 Å². The van der Waals surface area contributed by atoms with Crippen molar-refractivity contribution in [2.75, 3.05) is 10.6 Å². The molecule has 5 heteroatoms. The van der Waals surface area contributed by atoms with Gasteiger partial charge in [0.25, 0.3) is 5.91 Å². The Bertz CT molecular complexity index is 965. The third-order valence-corrected chi connectivity index (χ3v) is 5.85. The van der Waals surface area contributed by atoms with Gasteiger partial charge in [0.15, 0.2) is 0 Å². The molecule has 0 aliphatic heterocycles. The Morgan fingerprint density at radius 2 is 1.59 bits per heavy atom. The van der Waals surface area contributed by atoms with Gasteiger partial charge in [0.2, 0.25) is 5.91 Å². The van der Waals surface area contributed by atoms with Gasteiger partial charge < -0.3 is 10.6 Å². The summed E-state index contributed by atoms with van der Waals surface area (Å²) in [6.45, 7) is 0. The van der Waals surface area contributed by atoms with Gasteiger partial charge in [0.05, 0.1) is 12.0 Å². The summed E-state index contributed by atoms with van der Waals surface area (Å²) in [5.74, 6) is -0.259. The summed E-state index contributed by atoms with van der Waals surface area (Å²) in [5.41, 5.74) is 3.41. The number of amides is 2. The monoisotopic (exact) mass is 376 g/mol. The summed E-state index contributed by atoms with van der Waals surface area (Å²) < 4.78 is 0. The Kier molecular flexibility index (Phi) is 5.03. The molecule has 2 amide bonds. The molecular formula is C22H20N2O2S. The van der Waals surface area contributed by atoms with Crippen molar-refractivity contribution in [2.24, 2.45) is 0 Å². The molecule has 0 fully saturated rings. The highest BCUT2D eigenvalue weighted by molar-refractivity contribution is 7.17. The summed E-state index contributed by atoms with van der Waals surface area (Å²) in [7, 11) is 0. The first kappa shape index (κ1) is 17.5. The zero-order chi connectivity index (χ0) is 18.6. The molecule has 1 heterocycles. The zero-order valence-electron chi connectivity index (χ0n) is 14.8. The summed E-state index contributed by atoms with van der Waals surface area (Å²) in [6, 6.07) is 19.0. The maximum atomic E-state index is 12.9. The number of anilines is 2. The van der Waals surface area contributed by atoms with Crippen molar-refractivity contribution < 1.29 is 9.59 Å². The number of hydrogen-bond acceptors (Lipinski definition) is 3. The first-order valence-electron chi connectivity index (χ1n) is 9.05. The van der Waals surface area contributed by atoms with Crippen LogP contribution in [0.1, 0.15) is 32.8 Å². The van der Waals surface area contributed by atoms with Crippen molar-refractivity contribution >= 4 is 33.8 Å². The molecule has 0 saturated heterocycles. The molecule has 0 unspecified atom stereocenters. The average Bonchev–Trinajstić information content (AvgIpc) is 3.23. The van der Waals surface area contributed by atoms with Crippen molar-refractivity contribution in [3.8, 4) is 0 Å². The smallest absolute Gasteiger partial charge is 0.258 e. The molecule has 2 aromatic carbocycles. The van der Waals surface area contributed by atoms with Gasteiger partial charge >= 0.3 is 0 Å². The zero-order valence-corrected chi connectivity index (χ0v) is 15.6. The van der Waals surface area contributed by atoms with E-state index in [4.69, 9.17) is 0 Å². The van der Waals surface area contributed by atoms with E-state index in [1.54, 1.807) is 0 Å². The molecule has 0 atom stereocenters. The van der Waals surface area contributed by atoms with E-state index in [2.05, 4.69) is 10.6 Å². The summed E-state index contributed by atoms with van der Waals surface area (Å²) in [5, 5.41) is 6.59. The number of carbonyl (C=O) groups is 2. The van der Waals surface area contributed by atoms with E-state index in [1.165, 1.54) is 16.2 Å². The number of para-hydroxylation sites is 1. The second kappa shape index (κ2) is 7.76. The van der Waals surface area contributed by atoms with Crippen molar-refractivity contribution in [2.45, 2.75) is 25.7 Å². The van der Waals surface area contributed by atoms with Crippen LogP contribution in [-0.2, 0) is 24.1 Å². The molecule has 1 aliphatic rings. The van der Waals surface area contributed by atoms with E-state index in [-0.39, 0.29) is 11.8 Å². The van der Waals surface area contributed by atoms with Crippen LogP contribution >= 0.6 is 11.3 Å². The lowest BCUT2D eigenvalue weighted by Gasteiger charge is -2.10. The highest BCUT2D eigenvalue weighted by atomic mass is 32.1. The van der Waals surface area contributed by atoms with Gasteiger partial charge in [0.1, 0.15) is 5.00 Å². The maximum absolute atomic E-state index is 12.9. The Labute approximate surface area is 162 Å². The predicted molar refractivity (Wildman–Crippen MR) is 110 cm³/mol. The molecule has 136 valence electrons. The number of nitrogens with one attached hydrogen (secondary N) is 2. The van der Waals surface area contributed by atoms with E-state index >= 15 is 0 Å². The second-order valence-electron chi connectivity index (χ2n) is 6.59. The van der Waals surface area contributed by atoms with Crippen molar-refractivity contribution in [1.82, 2.24) is 0 Å². The fourth-order valence-electron chi connectivity index (χ4n) is 3.40. The largest absolute Gasteiger partial charge is 0.322 e. The van der Waals surface area contributed by atoms with Gasteiger partial charge in [-0.25, -0.2) is 0 Å². The Hall–Kier alpha value is -2.92. The third-order valence-electron chi connectivity index (χ3n) is 4.64. The number of carbonyl (C=O) groups excluding carboxylic acids is 2. The van der Waals surface area contributed by atoms with E-state index in [0.717, 1.165) is 36.1 Å². The number of aryl methyl sites for hydroxylation is 1. The molecule has 1 aromatic heterocycles. The lowest BCUT2D eigenvalue weighted by Crippen LogP contribution is -2.19. The van der Waals surface area contributed by atoms with Crippen LogP contribution in [0.15, 0.2) is 60.7 Å². The van der Waals surface area contributed by atoms with Gasteiger partial charge in [-0.1, -0.05) is 48.5 Å². The molecule has 4 nitrogen and oxygen atoms in total. The topological polar surface area (TPSA) is 58.2 Å². The number of benzene rings is 2. The summed E-state index contributed by atoms with van der Waals surface area (Å²) in [4.78, 5) is 26.7. The molecule has 0 bridgehead atoms. The van der Waals surface area contributed by atoms with Crippen molar-refractivity contribution in [3.63, 3.8) is 0 Å². The molecule has 4 rings (SSSR count). The Balaban J connectivity index is 1.56. The van der Waals surface area contributed by atoms with Gasteiger partial charge in [-0.05, 0) is 42.5 Å². The number of thiophene rings is 1. The molecular weight excluding hydrogens is 356 g/mol. The minimum Gasteiger partial charge on any atom is -0.322 e. The van der Waals surface area contributed by atoms with E-state index in [0.29, 0.717) is 17.0 Å². The Morgan fingerprint density at radius 1 is 0.889 bits per heavy atom. The molecule has 2 N–H and O–H groups in total. The van der Waals surface area contributed by atoms with Crippen molar-refractivity contribution in [1.29, 1.82) is 0 Å². The van der Waals surface area contributed by atoms with Crippen LogP contribution in [-0.4, -0.2) is 11.8 Å². The van der Waals surface area contributed by atoms with Crippen LogP contribution in [0.2, 0.25) is 0 Å². The van der Waals surface area contributed by atoms with Gasteiger partial charge in [-0.2, -0.15) is 0 Å². The van der Waals surface area contributed by atoms with Crippen LogP contribution in [0.25, 0.3) is 0 Å². The standard InChI is InChI=1S/C22H20N2O2S/c25-19(14-15-8-3-1-4-9-15)24-22-20(17-12-7-13-18(17)27-22)21(26)23-16-10-5-2-6-11-16/h1-6,8-11H,7,12-14H2,(H,23,26)(H,24,25). The SMILES string of the molecule is O=C(Cc1ccccc1)Nc1sc2c(c1C(=O)Nc1ccccc1)CCC2. The second-order valence-corrected chi connectivity index (χ2v) is 7.70. The Morgan fingerprint density at radius 3 is 2.33 bits per heavy atom. The average molecular weight is 376 g/mol. The van der Waals surface area contributed by atoms with Crippen LogP contribution < -0.4 is 10.6 Å². The summed E-state index contributed by atoms with van der Waals surface area (Å²) in [6.07, 6.45) is 3.21. The van der Waals surface area contributed by atoms with E-state index in [1.807, 2.05) is 60.7 Å². The molecule has 0 saturated carbocycles. The summed E-state index contributed by atoms with van der Waals surface area (Å²) >= 11 is 1.53. The fraction of sp³-hybridized carbons (Fsp3) is 0.182.